The molecule has 0 saturated carbocycles. The maximum absolute atomic E-state index is 7.87. The predicted octanol–water partition coefficient (Wildman–Crippen LogP) is 5.27. The molecule has 27 heavy (non-hydrogen) atoms. The minimum atomic E-state index is -3.11. The summed E-state index contributed by atoms with van der Waals surface area (Å²) in [5.74, 6) is 0. The summed E-state index contributed by atoms with van der Waals surface area (Å²) >= 11 is 7.07. The number of hydrogen-bond acceptors (Lipinski definition) is 4. The Labute approximate surface area is 188 Å². The summed E-state index contributed by atoms with van der Waals surface area (Å²) in [4.78, 5) is 15.7. The van der Waals surface area contributed by atoms with Gasteiger partial charge in [-0.25, -0.2) is 0 Å². The van der Waals surface area contributed by atoms with Crippen LogP contribution in [0.1, 0.15) is 37.5 Å². The van der Waals surface area contributed by atoms with Gasteiger partial charge in [0.2, 0.25) is 5.69 Å². The van der Waals surface area contributed by atoms with Crippen molar-refractivity contribution in [1.29, 1.82) is 0 Å². The maximum atomic E-state index is 7.87. The van der Waals surface area contributed by atoms with Crippen LogP contribution in [0.15, 0.2) is 42.5 Å². The Kier molecular flexibility index (Phi) is 30.8. The number of thiol groups is 1. The first-order chi connectivity index (χ1) is 10.8. The Morgan fingerprint density at radius 3 is 1.67 bits per heavy atom. The van der Waals surface area contributed by atoms with Crippen LogP contribution in [0.3, 0.4) is 0 Å². The molecule has 0 radical (unpaired) electrons. The fourth-order valence-electron chi connectivity index (χ4n) is 2.05. The smallest absolute Gasteiger partial charge is 0.344 e. The van der Waals surface area contributed by atoms with E-state index >= 15 is 0 Å². The topological polar surface area (TPSA) is 145 Å². The monoisotopic (exact) mass is 483 g/mol. The van der Waals surface area contributed by atoms with Crippen LogP contribution < -0.4 is 18.5 Å². The van der Waals surface area contributed by atoms with E-state index in [0.717, 1.165) is 19.3 Å². The van der Waals surface area contributed by atoms with Crippen LogP contribution in [0.4, 0.5) is 0 Å². The molecule has 0 atom stereocenters. The van der Waals surface area contributed by atoms with Crippen LogP contribution in [-0.4, -0.2) is 9.79 Å². The molecule has 11 N–H and O–H groups in total. The molecule has 0 aromatic heterocycles. The largest absolute Gasteiger partial charge is 2.00 e. The molecule has 0 saturated heterocycles. The van der Waals surface area contributed by atoms with E-state index in [1.807, 2.05) is 30.3 Å². The van der Waals surface area contributed by atoms with E-state index in [9.17, 15) is 0 Å². The second-order valence-corrected chi connectivity index (χ2v) is 9.65. The fraction of sp³-hybridized carbons (Fsp3) is 0.333. The summed E-state index contributed by atoms with van der Waals surface area (Å²) in [5, 5.41) is 0. The quantitative estimate of drug-likeness (QED) is 0.151. The molecule has 0 bridgehead atoms. The molecular weight excluding hydrogens is 451 g/mol. The van der Waals surface area contributed by atoms with E-state index in [2.05, 4.69) is 69.1 Å². The van der Waals surface area contributed by atoms with E-state index in [0.29, 0.717) is 0 Å². The van der Waals surface area contributed by atoms with Crippen LogP contribution in [0.25, 0.3) is 0 Å². The first-order valence-corrected chi connectivity index (χ1v) is 11.4. The summed E-state index contributed by atoms with van der Waals surface area (Å²) in [7, 11) is 0. The molecule has 2 rings (SSSR count). The van der Waals surface area contributed by atoms with Gasteiger partial charge in [0.25, 0.3) is 0 Å². The second-order valence-electron chi connectivity index (χ2n) is 4.61. The molecule has 0 aliphatic heterocycles. The fourth-order valence-corrected chi connectivity index (χ4v) is 2.05. The number of aryl methyl sites for hydroxylation is 2. The van der Waals surface area contributed by atoms with E-state index in [-0.39, 0.29) is 37.9 Å². The van der Waals surface area contributed by atoms with Gasteiger partial charge in [0.15, 0.2) is 0 Å². The minimum Gasteiger partial charge on any atom is -0.344 e. The summed E-state index contributed by atoms with van der Waals surface area (Å²) in [6.07, 6.45) is 3.39. The van der Waals surface area contributed by atoms with Gasteiger partial charge in [-0.1, -0.05) is 52.3 Å². The summed E-state index contributed by atoms with van der Waals surface area (Å²) in [5.41, 5.74) is 1.30. The molecular formula is C18H34N3O2PS2Zn. The normalized spacial score (nSPS) is 8.52. The zero-order chi connectivity index (χ0) is 17.7. The Morgan fingerprint density at radius 1 is 0.926 bits per heavy atom. The van der Waals surface area contributed by atoms with Crippen molar-refractivity contribution in [3.8, 4) is 0 Å². The van der Waals surface area contributed by atoms with Crippen LogP contribution >= 0.6 is 17.9 Å². The number of hydrogen-bond donors (Lipinski definition) is 6. The third kappa shape index (κ3) is 22.0. The van der Waals surface area contributed by atoms with Gasteiger partial charge in [0.05, 0.1) is 0 Å². The molecule has 2 aromatic rings. The SMILES string of the molecule is CCc1[c-]ccc(CC)c1CC.N.N.N.OP(O)(=S)S.[Zn+2].[c-]1ccccc1. The first kappa shape index (κ1) is 37.6. The first-order valence-electron chi connectivity index (χ1n) is 7.54. The Bertz CT molecular complexity index is 545. The molecule has 0 aliphatic carbocycles. The molecule has 0 spiro atoms. The third-order valence-corrected chi connectivity index (χ3v) is 2.99. The van der Waals surface area contributed by atoms with E-state index in [1.54, 1.807) is 0 Å². The zero-order valence-electron chi connectivity index (χ0n) is 16.7. The van der Waals surface area contributed by atoms with E-state index in [4.69, 9.17) is 9.79 Å². The van der Waals surface area contributed by atoms with E-state index < -0.39 is 5.69 Å². The molecule has 0 heterocycles. The minimum absolute atomic E-state index is 0. The van der Waals surface area contributed by atoms with Crippen LogP contribution in [0.2, 0.25) is 0 Å². The van der Waals surface area contributed by atoms with Gasteiger partial charge >= 0.3 is 19.5 Å². The van der Waals surface area contributed by atoms with Gasteiger partial charge in [-0.05, 0) is 11.8 Å². The van der Waals surface area contributed by atoms with Gasteiger partial charge in [0.1, 0.15) is 0 Å². The molecule has 9 heteroatoms. The third-order valence-electron chi connectivity index (χ3n) is 2.99. The Balaban J connectivity index is -0.0000000930. The van der Waals surface area contributed by atoms with Crippen molar-refractivity contribution in [2.75, 3.05) is 0 Å². The van der Waals surface area contributed by atoms with Gasteiger partial charge in [-0.3, -0.25) is 0 Å². The summed E-state index contributed by atoms with van der Waals surface area (Å²) in [6, 6.07) is 20.1. The number of rotatable bonds is 3. The van der Waals surface area contributed by atoms with Crippen molar-refractivity contribution in [3.63, 3.8) is 0 Å². The van der Waals surface area contributed by atoms with Crippen LogP contribution in [0, 0.1) is 12.1 Å². The van der Waals surface area contributed by atoms with Crippen molar-refractivity contribution >= 4 is 29.7 Å². The van der Waals surface area contributed by atoms with Gasteiger partial charge < -0.3 is 28.2 Å². The van der Waals surface area contributed by atoms with Crippen molar-refractivity contribution in [3.05, 3.63) is 71.3 Å². The van der Waals surface area contributed by atoms with Gasteiger partial charge in [0, 0.05) is 0 Å². The van der Waals surface area contributed by atoms with Crippen molar-refractivity contribution in [2.24, 2.45) is 0 Å². The van der Waals surface area contributed by atoms with Crippen molar-refractivity contribution in [2.45, 2.75) is 40.0 Å². The average molecular weight is 485 g/mol. The van der Waals surface area contributed by atoms with Crippen molar-refractivity contribution < 1.29 is 29.3 Å². The molecule has 0 amide bonds. The zero-order valence-corrected chi connectivity index (χ0v) is 22.3. The summed E-state index contributed by atoms with van der Waals surface area (Å²) in [6.45, 7) is 6.64. The Morgan fingerprint density at radius 2 is 1.41 bits per heavy atom. The van der Waals surface area contributed by atoms with Crippen LogP contribution in [0.5, 0.6) is 0 Å². The number of benzene rings is 2. The molecule has 0 fully saturated rings. The molecule has 0 aliphatic rings. The molecule has 5 nitrogen and oxygen atoms in total. The summed E-state index contributed by atoms with van der Waals surface area (Å²) < 4.78 is 0. The van der Waals surface area contributed by atoms with E-state index in [1.165, 1.54) is 16.7 Å². The molecule has 0 unspecified atom stereocenters. The second kappa shape index (κ2) is 22.2. The maximum Gasteiger partial charge on any atom is 2.00 e. The van der Waals surface area contributed by atoms with Crippen molar-refractivity contribution in [1.82, 2.24) is 18.5 Å². The van der Waals surface area contributed by atoms with Crippen LogP contribution in [-0.2, 0) is 50.5 Å². The Hall–Kier alpha value is -0.137. The molecule has 152 valence electrons. The predicted molar refractivity (Wildman–Crippen MR) is 121 cm³/mol. The average Bonchev–Trinajstić information content (AvgIpc) is 2.54. The standard InChI is InChI=1S/C12H17.C6H5.3H3N.H3O2PS2.Zn/c1-4-10-8-7-9-11(5-2)12(10)6-3;1-2-4-6-5-3-1;;;;1-3(2,4)5;/h7-8H,4-6H2,1-3H3;1-5H;3*1H3;(H3,1,2,4,5);/q2*-1;;;;;+2. The molecule has 2 aromatic carbocycles. The van der Waals surface area contributed by atoms with Gasteiger partial charge in [-0.2, -0.15) is 65.7 Å². The van der Waals surface area contributed by atoms with Gasteiger partial charge in [-0.15, -0.1) is 5.56 Å².